The van der Waals surface area contributed by atoms with E-state index in [2.05, 4.69) is 39.1 Å². The van der Waals surface area contributed by atoms with Crippen LogP contribution in [0.4, 0.5) is 5.69 Å². The molecule has 4 aliphatic rings. The number of anilines is 1. The third kappa shape index (κ3) is 85.1. The molecule has 3 atom stereocenters. The lowest BCUT2D eigenvalue weighted by Crippen LogP contribution is -2.48. The summed E-state index contributed by atoms with van der Waals surface area (Å²) in [5.41, 5.74) is 1.35. The van der Waals surface area contributed by atoms with Gasteiger partial charge in [-0.25, -0.2) is 0 Å². The number of aromatic nitrogens is 1. The quantitative estimate of drug-likeness (QED) is 0.281. The second-order valence-electron chi connectivity index (χ2n) is 44.7. The van der Waals surface area contributed by atoms with Gasteiger partial charge >= 0.3 is 0 Å². The van der Waals surface area contributed by atoms with Gasteiger partial charge in [-0.2, -0.15) is 0 Å². The van der Waals surface area contributed by atoms with Gasteiger partial charge < -0.3 is 4.90 Å². The molecule has 2 fully saturated rings. The Morgan fingerprint density at radius 1 is 0.172 bits per heavy atom. The Bertz CT molecular complexity index is 2170. The van der Waals surface area contributed by atoms with Gasteiger partial charge in [-0.05, 0) is 49.1 Å². The van der Waals surface area contributed by atoms with Crippen LogP contribution in [0.2, 0.25) is 0 Å². The number of nitrogens with zero attached hydrogens (tertiary/aromatic N) is 3. The van der Waals surface area contributed by atoms with Gasteiger partial charge in [0.25, 0.3) is 0 Å². The van der Waals surface area contributed by atoms with Crippen LogP contribution in [-0.4, -0.2) is 42.6 Å². The first-order valence-electron chi connectivity index (χ1n) is 61.9. The molecule has 0 amide bonds. The number of hydrogen-bond donors (Lipinski definition) is 0. The van der Waals surface area contributed by atoms with Crippen LogP contribution in [-0.2, 0) is 0 Å². The summed E-state index contributed by atoms with van der Waals surface area (Å²) in [5.74, 6) is 2.44. The van der Waals surface area contributed by atoms with Crippen molar-refractivity contribution < 1.29 is 0 Å². The number of fused-ring (bicyclic) bond motifs is 109. The first-order chi connectivity index (χ1) is 63.9. The Morgan fingerprint density at radius 3 is 0.484 bits per heavy atom. The normalized spacial score (nSPS) is 25.4. The molecule has 3 unspecified atom stereocenters. The largest absolute Gasteiger partial charge is 0.369 e. The Hall–Kier alpha value is -1.35. The topological polar surface area (TPSA) is 19.4 Å². The van der Waals surface area contributed by atoms with E-state index in [1.807, 2.05) is 12.4 Å². The molecule has 0 radical (unpaired) electrons. The summed E-state index contributed by atoms with van der Waals surface area (Å²) in [5, 5.41) is 0. The molecular weight excluding hydrogens is 1540 g/mol. The van der Waals surface area contributed by atoms with E-state index in [0.717, 1.165) is 30.8 Å². The van der Waals surface area contributed by atoms with E-state index in [9.17, 15) is 0 Å². The van der Waals surface area contributed by atoms with E-state index in [1.54, 1.807) is 0 Å². The molecule has 0 N–H and O–H groups in total. The molecule has 3 heteroatoms. The van der Waals surface area contributed by atoms with E-state index in [0.29, 0.717) is 0 Å². The van der Waals surface area contributed by atoms with E-state index in [1.165, 1.54) is 732 Å². The van der Waals surface area contributed by atoms with Crippen LogP contribution in [0.3, 0.4) is 0 Å². The molecule has 3 aliphatic carbocycles. The average Bonchev–Trinajstić information content (AvgIpc) is 0.836. The van der Waals surface area contributed by atoms with Crippen LogP contribution < -0.4 is 4.90 Å². The van der Waals surface area contributed by atoms with Crippen molar-refractivity contribution in [2.75, 3.05) is 37.6 Å². The first kappa shape index (κ1) is 119. The molecule has 1 saturated carbocycles. The molecule has 3 nitrogen and oxygen atoms in total. The summed E-state index contributed by atoms with van der Waals surface area (Å²) < 4.78 is 0. The van der Waals surface area contributed by atoms with Crippen molar-refractivity contribution in [2.45, 2.75) is 706 Å². The van der Waals surface area contributed by atoms with Gasteiger partial charge in [0.2, 0.25) is 0 Å². The molecule has 5 rings (SSSR count). The van der Waals surface area contributed by atoms with Gasteiger partial charge in [0.15, 0.2) is 0 Å². The van der Waals surface area contributed by atoms with Crippen molar-refractivity contribution in [1.82, 2.24) is 9.88 Å². The highest BCUT2D eigenvalue weighted by Crippen LogP contribution is 2.37. The van der Waals surface area contributed by atoms with Crippen LogP contribution in [0.15, 0.2) is 36.7 Å². The zero-order chi connectivity index (χ0) is 89.7. The van der Waals surface area contributed by atoms with Gasteiger partial charge in [0, 0.05) is 50.8 Å². The summed E-state index contributed by atoms with van der Waals surface area (Å²) >= 11 is 0. The molecule has 1 saturated heterocycles. The number of rotatable bonds is 3. The SMILES string of the molecule is C1=CC2CCCCCCCCCCCCCCCCCCCCCCCCCCCCCCCCCCCCCCCCCCCCCCCCCCCCCCCCCCCCCCCCCCCCCCCCCCCCCCCCCCCCCCCCCCCCCCCCCCCCCCCCCCCCCC1CC2CN1CCN(c2ccncc2)CC1. The van der Waals surface area contributed by atoms with Crippen molar-refractivity contribution >= 4 is 5.69 Å². The molecule has 0 spiro atoms. The fourth-order valence-corrected chi connectivity index (χ4v) is 23.3. The van der Waals surface area contributed by atoms with Crippen LogP contribution >= 0.6 is 0 Å². The molecule has 2 bridgehead atoms. The van der Waals surface area contributed by atoms with E-state index in [-0.39, 0.29) is 0 Å². The predicted octanol–water partition coefficient (Wildman–Crippen LogP) is 44.5. The van der Waals surface area contributed by atoms with Crippen LogP contribution in [0, 0.1) is 17.8 Å². The minimum absolute atomic E-state index is 0.790. The molecule has 754 valence electrons. The third-order valence-electron chi connectivity index (χ3n) is 32.3. The maximum absolute atomic E-state index is 4.30. The molecular formula is C125H239N3. The molecule has 2 heterocycles. The maximum atomic E-state index is 4.30. The standard InChI is InChI=1S/C125H239N3/c1-2-4-6-8-10-12-14-16-18-20-22-24-26-28-30-32-34-36-38-40-42-44-46-48-50-52-54-56-58-60-62-64-66-68-70-72-74-76-78-80-82-84-86-88-90-92-94-96-98-100-102-104-106-108-122-110-111-123(124(120-122)121-127-116-118-128(119-117-127)125-112-114-126-115-113-125)109-107-105-103-101-99-97-95-93-91-89-87-85-83-81-79-77-75-73-71-69-67-65-63-61-59-57-55-53-51-49-47-45-43-41-39-37-35-33-31-29-27-25-23-21-19-17-15-13-11-9-7-5-3-1/h110-115,122-124H,1-109,116-121H2. The average molecular weight is 1780 g/mol. The minimum atomic E-state index is 0.790. The van der Waals surface area contributed by atoms with Crippen molar-refractivity contribution in [1.29, 1.82) is 0 Å². The van der Waals surface area contributed by atoms with Gasteiger partial charge in [-0.1, -0.05) is 699 Å². The fraction of sp³-hybridized carbons (Fsp3) is 0.944. The van der Waals surface area contributed by atoms with Crippen molar-refractivity contribution in [2.24, 2.45) is 17.8 Å². The van der Waals surface area contributed by atoms with E-state index < -0.39 is 0 Å². The van der Waals surface area contributed by atoms with E-state index >= 15 is 0 Å². The summed E-state index contributed by atoms with van der Waals surface area (Å²) in [6.07, 6.45) is 173. The van der Waals surface area contributed by atoms with Crippen molar-refractivity contribution in [3.63, 3.8) is 0 Å². The molecule has 1 aromatic heterocycles. The van der Waals surface area contributed by atoms with Crippen molar-refractivity contribution in [3.8, 4) is 0 Å². The lowest BCUT2D eigenvalue weighted by Gasteiger charge is -2.40. The Labute approximate surface area is 808 Å². The number of hydrogen-bond acceptors (Lipinski definition) is 3. The molecule has 0 aromatic carbocycles. The van der Waals surface area contributed by atoms with Crippen molar-refractivity contribution in [3.05, 3.63) is 36.7 Å². The Morgan fingerprint density at radius 2 is 0.320 bits per heavy atom. The van der Waals surface area contributed by atoms with Gasteiger partial charge in [0.1, 0.15) is 0 Å². The number of piperazine rings is 1. The zero-order valence-corrected chi connectivity index (χ0v) is 88.4. The third-order valence-corrected chi connectivity index (χ3v) is 32.3. The maximum Gasteiger partial charge on any atom is 0.0397 e. The monoisotopic (exact) mass is 1780 g/mol. The van der Waals surface area contributed by atoms with Crippen LogP contribution in [0.1, 0.15) is 706 Å². The van der Waals surface area contributed by atoms with Gasteiger partial charge in [0.05, 0.1) is 0 Å². The Kier molecular flexibility index (Phi) is 94.4. The minimum Gasteiger partial charge on any atom is -0.369 e. The highest BCUT2D eigenvalue weighted by molar-refractivity contribution is 5.45. The molecule has 1 aromatic rings. The number of allylic oxidation sites excluding steroid dienone is 2. The highest BCUT2D eigenvalue weighted by Gasteiger charge is 2.30. The second kappa shape index (κ2) is 102. The van der Waals surface area contributed by atoms with Crippen LogP contribution in [0.5, 0.6) is 0 Å². The lowest BCUT2D eigenvalue weighted by atomic mass is 9.75. The fourth-order valence-electron chi connectivity index (χ4n) is 23.3. The first-order valence-corrected chi connectivity index (χ1v) is 61.9. The smallest absolute Gasteiger partial charge is 0.0397 e. The lowest BCUT2D eigenvalue weighted by molar-refractivity contribution is 0.165. The van der Waals surface area contributed by atoms with E-state index in [4.69, 9.17) is 0 Å². The predicted molar refractivity (Wildman–Crippen MR) is 580 cm³/mol. The summed E-state index contributed by atoms with van der Waals surface area (Å²) in [6, 6.07) is 4.40. The Balaban J connectivity index is 0.940. The zero-order valence-electron chi connectivity index (χ0n) is 88.4. The van der Waals surface area contributed by atoms with Gasteiger partial charge in [-0.15, -0.1) is 0 Å². The number of pyridine rings is 1. The summed E-state index contributed by atoms with van der Waals surface area (Å²) in [6.45, 7) is 6.04. The van der Waals surface area contributed by atoms with Gasteiger partial charge in [-0.3, -0.25) is 9.88 Å². The molecule has 128 heavy (non-hydrogen) atoms. The van der Waals surface area contributed by atoms with Crippen LogP contribution in [0.25, 0.3) is 0 Å². The molecule has 1 aliphatic heterocycles. The highest BCUT2D eigenvalue weighted by atomic mass is 15.3. The summed E-state index contributed by atoms with van der Waals surface area (Å²) in [4.78, 5) is 9.73. The summed E-state index contributed by atoms with van der Waals surface area (Å²) in [7, 11) is 0. The second-order valence-corrected chi connectivity index (χ2v) is 44.7.